The lowest BCUT2D eigenvalue weighted by molar-refractivity contribution is 0.0940. The molecule has 4 nitrogen and oxygen atoms in total. The Kier molecular flexibility index (Phi) is 3.84. The summed E-state index contributed by atoms with van der Waals surface area (Å²) in [4.78, 5) is 1.34. The molecule has 2 atom stereocenters. The third-order valence-electron chi connectivity index (χ3n) is 3.40. The Morgan fingerprint density at radius 3 is 3.32 bits per heavy atom. The predicted molar refractivity (Wildman–Crippen MR) is 77.6 cm³/mol. The minimum absolute atomic E-state index is 0.320. The van der Waals surface area contributed by atoms with E-state index in [2.05, 4.69) is 41.0 Å². The lowest BCUT2D eigenvalue weighted by Gasteiger charge is -2.11. The van der Waals surface area contributed by atoms with Gasteiger partial charge in [0.2, 0.25) is 0 Å². The lowest BCUT2D eigenvalue weighted by Crippen LogP contribution is -2.15. The Bertz CT molecular complexity index is 503. The zero-order chi connectivity index (χ0) is 13.1. The van der Waals surface area contributed by atoms with E-state index in [0.717, 1.165) is 25.3 Å². The third-order valence-corrected chi connectivity index (χ3v) is 4.46. The Balaban J connectivity index is 1.58. The molecule has 2 aromatic rings. The average molecular weight is 277 g/mol. The summed E-state index contributed by atoms with van der Waals surface area (Å²) < 4.78 is 7.60. The van der Waals surface area contributed by atoms with Gasteiger partial charge in [0.1, 0.15) is 0 Å². The summed E-state index contributed by atoms with van der Waals surface area (Å²) in [6.07, 6.45) is 6.60. The fourth-order valence-corrected chi connectivity index (χ4v) is 3.13. The van der Waals surface area contributed by atoms with Crippen LogP contribution in [0.4, 0.5) is 5.69 Å². The van der Waals surface area contributed by atoms with Gasteiger partial charge in [-0.1, -0.05) is 6.07 Å². The molecule has 1 fully saturated rings. The number of ether oxygens (including phenoxy) is 1. The molecule has 1 aliphatic rings. The summed E-state index contributed by atoms with van der Waals surface area (Å²) in [5.74, 6) is 0. The summed E-state index contributed by atoms with van der Waals surface area (Å²) in [5, 5.41) is 9.97. The van der Waals surface area contributed by atoms with Crippen LogP contribution in [0.25, 0.3) is 0 Å². The highest BCUT2D eigenvalue weighted by Crippen LogP contribution is 2.23. The summed E-state index contributed by atoms with van der Waals surface area (Å²) >= 11 is 1.77. The van der Waals surface area contributed by atoms with Gasteiger partial charge < -0.3 is 10.1 Å². The van der Waals surface area contributed by atoms with E-state index in [1.165, 1.54) is 11.3 Å². The van der Waals surface area contributed by atoms with Crippen molar-refractivity contribution >= 4 is 17.0 Å². The molecule has 0 amide bonds. The van der Waals surface area contributed by atoms with Gasteiger partial charge in [-0.2, -0.15) is 5.10 Å². The Morgan fingerprint density at radius 1 is 1.63 bits per heavy atom. The van der Waals surface area contributed by atoms with Gasteiger partial charge in [0, 0.05) is 17.7 Å². The molecular weight excluding hydrogens is 258 g/mol. The first-order valence-corrected chi connectivity index (χ1v) is 7.63. The Morgan fingerprint density at radius 2 is 2.58 bits per heavy atom. The molecule has 1 N–H and O–H groups in total. The van der Waals surface area contributed by atoms with Crippen molar-refractivity contribution in [1.82, 2.24) is 9.78 Å². The first-order valence-electron chi connectivity index (χ1n) is 6.75. The summed E-state index contributed by atoms with van der Waals surface area (Å²) in [7, 11) is 0. The molecule has 0 spiro atoms. The van der Waals surface area contributed by atoms with Crippen LogP contribution in [0.5, 0.6) is 0 Å². The summed E-state index contributed by atoms with van der Waals surface area (Å²) in [6, 6.07) is 4.55. The lowest BCUT2D eigenvalue weighted by atomic mass is 10.2. The molecule has 5 heteroatoms. The van der Waals surface area contributed by atoms with Gasteiger partial charge in [-0.05, 0) is 31.2 Å². The van der Waals surface area contributed by atoms with Gasteiger partial charge in [0.05, 0.1) is 30.6 Å². The SMILES string of the molecule is CC(Nc1cnn(CC2CCCO2)c1)c1cccs1. The minimum atomic E-state index is 0.320. The molecule has 0 saturated carbocycles. The highest BCUT2D eigenvalue weighted by atomic mass is 32.1. The van der Waals surface area contributed by atoms with Crippen molar-refractivity contribution in [2.24, 2.45) is 0 Å². The van der Waals surface area contributed by atoms with Crippen LogP contribution < -0.4 is 5.32 Å². The third kappa shape index (κ3) is 3.16. The van der Waals surface area contributed by atoms with Crippen LogP contribution in [-0.2, 0) is 11.3 Å². The molecule has 2 unspecified atom stereocenters. The first kappa shape index (κ1) is 12.7. The van der Waals surface area contributed by atoms with Crippen LogP contribution in [0.3, 0.4) is 0 Å². The van der Waals surface area contributed by atoms with Crippen LogP contribution >= 0.6 is 11.3 Å². The summed E-state index contributed by atoms with van der Waals surface area (Å²) in [5.41, 5.74) is 1.07. The van der Waals surface area contributed by atoms with Crippen LogP contribution in [0.1, 0.15) is 30.7 Å². The maximum absolute atomic E-state index is 5.63. The van der Waals surface area contributed by atoms with Crippen LogP contribution in [0, 0.1) is 0 Å². The molecule has 0 bridgehead atoms. The monoisotopic (exact) mass is 277 g/mol. The van der Waals surface area contributed by atoms with E-state index in [1.54, 1.807) is 11.3 Å². The van der Waals surface area contributed by atoms with Crippen LogP contribution in [0.15, 0.2) is 29.9 Å². The van der Waals surface area contributed by atoms with Gasteiger partial charge in [-0.15, -0.1) is 11.3 Å². The zero-order valence-corrected chi connectivity index (χ0v) is 11.9. The van der Waals surface area contributed by atoms with Crippen LogP contribution in [0.2, 0.25) is 0 Å². The largest absolute Gasteiger partial charge is 0.376 e. The Hall–Kier alpha value is -1.33. The van der Waals surface area contributed by atoms with Gasteiger partial charge >= 0.3 is 0 Å². The van der Waals surface area contributed by atoms with E-state index in [-0.39, 0.29) is 0 Å². The highest BCUT2D eigenvalue weighted by Gasteiger charge is 2.16. The molecule has 2 aromatic heterocycles. The predicted octanol–water partition coefficient (Wildman–Crippen LogP) is 3.30. The number of nitrogens with zero attached hydrogens (tertiary/aromatic N) is 2. The second kappa shape index (κ2) is 5.75. The maximum atomic E-state index is 5.63. The van der Waals surface area contributed by atoms with E-state index in [4.69, 9.17) is 4.74 Å². The molecule has 1 saturated heterocycles. The maximum Gasteiger partial charge on any atom is 0.0771 e. The van der Waals surface area contributed by atoms with E-state index >= 15 is 0 Å². The molecule has 0 aromatic carbocycles. The number of anilines is 1. The molecule has 1 aliphatic heterocycles. The zero-order valence-electron chi connectivity index (χ0n) is 11.1. The average Bonchev–Trinajstić information content (AvgIpc) is 3.10. The van der Waals surface area contributed by atoms with Crippen molar-refractivity contribution in [1.29, 1.82) is 0 Å². The molecule has 3 heterocycles. The van der Waals surface area contributed by atoms with Crippen molar-refractivity contribution < 1.29 is 4.74 Å². The molecule has 0 radical (unpaired) electrons. The minimum Gasteiger partial charge on any atom is -0.376 e. The highest BCUT2D eigenvalue weighted by molar-refractivity contribution is 7.10. The van der Waals surface area contributed by atoms with Gasteiger partial charge in [-0.3, -0.25) is 4.68 Å². The molecule has 19 heavy (non-hydrogen) atoms. The van der Waals surface area contributed by atoms with E-state index in [9.17, 15) is 0 Å². The van der Waals surface area contributed by atoms with E-state index in [0.29, 0.717) is 12.1 Å². The standard InChI is InChI=1S/C14H19N3OS/c1-11(14-5-3-7-19-14)16-12-8-15-17(9-12)10-13-4-2-6-18-13/h3,5,7-9,11,13,16H,2,4,6,10H2,1H3. The molecule has 3 rings (SSSR count). The van der Waals surface area contributed by atoms with Crippen LogP contribution in [-0.4, -0.2) is 22.5 Å². The van der Waals surface area contributed by atoms with Gasteiger partial charge in [-0.25, -0.2) is 0 Å². The molecule has 0 aliphatic carbocycles. The quantitative estimate of drug-likeness (QED) is 0.911. The second-order valence-corrected chi connectivity index (χ2v) is 5.95. The fourth-order valence-electron chi connectivity index (χ4n) is 2.39. The topological polar surface area (TPSA) is 39.1 Å². The van der Waals surface area contributed by atoms with Crippen molar-refractivity contribution in [3.8, 4) is 0 Å². The Labute approximate surface area is 117 Å². The summed E-state index contributed by atoms with van der Waals surface area (Å²) in [6.45, 7) is 3.92. The number of nitrogens with one attached hydrogen (secondary N) is 1. The van der Waals surface area contributed by atoms with E-state index in [1.807, 2.05) is 10.9 Å². The van der Waals surface area contributed by atoms with Crippen molar-refractivity contribution in [2.45, 2.75) is 38.5 Å². The number of aromatic nitrogens is 2. The molecular formula is C14H19N3OS. The fraction of sp³-hybridized carbons (Fsp3) is 0.500. The number of hydrogen-bond donors (Lipinski definition) is 1. The number of rotatable bonds is 5. The number of thiophene rings is 1. The second-order valence-electron chi connectivity index (χ2n) is 4.97. The van der Waals surface area contributed by atoms with Crippen molar-refractivity contribution in [2.75, 3.05) is 11.9 Å². The number of hydrogen-bond acceptors (Lipinski definition) is 4. The molecule has 102 valence electrons. The van der Waals surface area contributed by atoms with Crippen molar-refractivity contribution in [3.63, 3.8) is 0 Å². The first-order chi connectivity index (χ1) is 9.31. The smallest absolute Gasteiger partial charge is 0.0771 e. The van der Waals surface area contributed by atoms with Gasteiger partial charge in [0.15, 0.2) is 0 Å². The van der Waals surface area contributed by atoms with Gasteiger partial charge in [0.25, 0.3) is 0 Å². The van der Waals surface area contributed by atoms with E-state index < -0.39 is 0 Å². The van der Waals surface area contributed by atoms with Crippen molar-refractivity contribution in [3.05, 3.63) is 34.8 Å². The normalized spacial score (nSPS) is 20.6.